The van der Waals surface area contributed by atoms with Crippen LogP contribution in [0.3, 0.4) is 0 Å². The van der Waals surface area contributed by atoms with Crippen LogP contribution in [-0.2, 0) is 4.74 Å². The summed E-state index contributed by atoms with van der Waals surface area (Å²) in [5.41, 5.74) is 4.41. The molecule has 2 aromatic carbocycles. The smallest absolute Gasteiger partial charge is 0.177 e. The average Bonchev–Trinajstić information content (AvgIpc) is 3.09. The Morgan fingerprint density at radius 2 is 1.93 bits per heavy atom. The van der Waals surface area contributed by atoms with Gasteiger partial charge in [0.15, 0.2) is 5.58 Å². The highest BCUT2D eigenvalue weighted by Gasteiger charge is 2.16. The number of halogens is 1. The molecule has 5 nitrogen and oxygen atoms in total. The lowest BCUT2D eigenvalue weighted by atomic mass is 10.1. The number of benzene rings is 2. The summed E-state index contributed by atoms with van der Waals surface area (Å²) < 4.78 is 11.6. The molecule has 0 amide bonds. The fourth-order valence-electron chi connectivity index (χ4n) is 3.88. The van der Waals surface area contributed by atoms with E-state index in [9.17, 15) is 0 Å². The average molecular weight is 396 g/mol. The molecular weight excluding hydrogens is 374 g/mol. The molecule has 3 heterocycles. The van der Waals surface area contributed by atoms with Crippen molar-refractivity contribution in [2.75, 3.05) is 44.7 Å². The van der Waals surface area contributed by atoms with Gasteiger partial charge in [0.1, 0.15) is 11.1 Å². The van der Waals surface area contributed by atoms with Crippen molar-refractivity contribution in [3.63, 3.8) is 0 Å². The van der Waals surface area contributed by atoms with Gasteiger partial charge < -0.3 is 14.5 Å². The molecule has 1 N–H and O–H groups in total. The van der Waals surface area contributed by atoms with Crippen LogP contribution < -0.4 is 5.32 Å². The summed E-state index contributed by atoms with van der Waals surface area (Å²) in [7, 11) is 0. The van der Waals surface area contributed by atoms with Crippen LogP contribution in [0.4, 0.5) is 5.69 Å². The number of rotatable bonds is 5. The normalized spacial score (nSPS) is 15.6. The first-order chi connectivity index (χ1) is 13.8. The van der Waals surface area contributed by atoms with E-state index in [0.717, 1.165) is 84.5 Å². The maximum atomic E-state index is 6.21. The molecule has 1 aliphatic heterocycles. The van der Waals surface area contributed by atoms with Gasteiger partial charge in [0.05, 0.1) is 24.4 Å². The van der Waals surface area contributed by atoms with Crippen molar-refractivity contribution in [2.24, 2.45) is 0 Å². The SMILES string of the molecule is Clc1ccc2oc3c(NCCCN4CCOCC4)c4ccccc4nc3c2c1. The number of morpholine rings is 1. The molecule has 0 aliphatic carbocycles. The lowest BCUT2D eigenvalue weighted by Gasteiger charge is -2.26. The highest BCUT2D eigenvalue weighted by atomic mass is 35.5. The van der Waals surface area contributed by atoms with Crippen LogP contribution in [0.2, 0.25) is 5.02 Å². The van der Waals surface area contributed by atoms with Crippen LogP contribution in [-0.4, -0.2) is 49.3 Å². The summed E-state index contributed by atoms with van der Waals surface area (Å²) in [5, 5.41) is 6.33. The largest absolute Gasteiger partial charge is 0.452 e. The third-order valence-electron chi connectivity index (χ3n) is 5.31. The van der Waals surface area contributed by atoms with Crippen LogP contribution in [0.5, 0.6) is 0 Å². The Hall–Kier alpha value is -2.34. The van der Waals surface area contributed by atoms with Crippen LogP contribution in [0.1, 0.15) is 6.42 Å². The Morgan fingerprint density at radius 3 is 2.82 bits per heavy atom. The Morgan fingerprint density at radius 1 is 1.07 bits per heavy atom. The molecule has 0 unspecified atom stereocenters. The first-order valence-electron chi connectivity index (χ1n) is 9.74. The number of para-hydroxylation sites is 1. The predicted octanol–water partition coefficient (Wildman–Crippen LogP) is 4.92. The van der Waals surface area contributed by atoms with Crippen molar-refractivity contribution >= 4 is 50.3 Å². The molecule has 28 heavy (non-hydrogen) atoms. The van der Waals surface area contributed by atoms with Gasteiger partial charge >= 0.3 is 0 Å². The van der Waals surface area contributed by atoms with Crippen molar-refractivity contribution in [2.45, 2.75) is 6.42 Å². The summed E-state index contributed by atoms with van der Waals surface area (Å²) >= 11 is 6.21. The number of hydrogen-bond acceptors (Lipinski definition) is 5. The fourth-order valence-corrected chi connectivity index (χ4v) is 4.05. The zero-order valence-electron chi connectivity index (χ0n) is 15.6. The second-order valence-corrected chi connectivity index (χ2v) is 7.60. The van der Waals surface area contributed by atoms with Crippen molar-refractivity contribution in [1.82, 2.24) is 9.88 Å². The van der Waals surface area contributed by atoms with Gasteiger partial charge in [-0.1, -0.05) is 29.8 Å². The van der Waals surface area contributed by atoms with Crippen LogP contribution in [0, 0.1) is 0 Å². The van der Waals surface area contributed by atoms with Gasteiger partial charge in [-0.15, -0.1) is 0 Å². The van der Waals surface area contributed by atoms with Gasteiger partial charge in [-0.3, -0.25) is 4.90 Å². The number of fused-ring (bicyclic) bond motifs is 4. The van der Waals surface area contributed by atoms with E-state index >= 15 is 0 Å². The van der Waals surface area contributed by atoms with Crippen LogP contribution >= 0.6 is 11.6 Å². The summed E-state index contributed by atoms with van der Waals surface area (Å²) in [5.74, 6) is 0. The Bertz CT molecular complexity index is 1130. The van der Waals surface area contributed by atoms with Gasteiger partial charge in [0.25, 0.3) is 0 Å². The third-order valence-corrected chi connectivity index (χ3v) is 5.55. The Kier molecular flexibility index (Phi) is 4.81. The van der Waals surface area contributed by atoms with E-state index in [-0.39, 0.29) is 0 Å². The van der Waals surface area contributed by atoms with Gasteiger partial charge in [0.2, 0.25) is 0 Å². The topological polar surface area (TPSA) is 50.5 Å². The van der Waals surface area contributed by atoms with Gasteiger partial charge in [-0.05, 0) is 37.2 Å². The molecule has 0 spiro atoms. The monoisotopic (exact) mass is 395 g/mol. The van der Waals surface area contributed by atoms with Crippen LogP contribution in [0.25, 0.3) is 33.0 Å². The summed E-state index contributed by atoms with van der Waals surface area (Å²) in [6.45, 7) is 5.66. The molecule has 5 rings (SSSR count). The minimum absolute atomic E-state index is 0.685. The van der Waals surface area contributed by atoms with Crippen molar-refractivity contribution < 1.29 is 9.15 Å². The Labute approximate surface area is 168 Å². The lowest BCUT2D eigenvalue weighted by molar-refractivity contribution is 0.0378. The summed E-state index contributed by atoms with van der Waals surface area (Å²) in [4.78, 5) is 7.31. The van der Waals surface area contributed by atoms with Gasteiger partial charge in [-0.25, -0.2) is 4.98 Å². The van der Waals surface area contributed by atoms with E-state index < -0.39 is 0 Å². The number of pyridine rings is 1. The molecule has 6 heteroatoms. The highest BCUT2D eigenvalue weighted by molar-refractivity contribution is 6.31. The molecular formula is C22H22ClN3O2. The molecule has 0 radical (unpaired) electrons. The molecule has 0 saturated carbocycles. The maximum absolute atomic E-state index is 6.21. The van der Waals surface area contributed by atoms with Crippen molar-refractivity contribution in [3.05, 3.63) is 47.5 Å². The van der Waals surface area contributed by atoms with E-state index in [1.165, 1.54) is 0 Å². The predicted molar refractivity (Wildman–Crippen MR) is 114 cm³/mol. The maximum Gasteiger partial charge on any atom is 0.177 e. The van der Waals surface area contributed by atoms with Crippen molar-refractivity contribution in [1.29, 1.82) is 0 Å². The minimum Gasteiger partial charge on any atom is -0.452 e. The quantitative estimate of drug-likeness (QED) is 0.486. The molecule has 1 fully saturated rings. The molecule has 144 valence electrons. The number of nitrogens with one attached hydrogen (secondary N) is 1. The highest BCUT2D eigenvalue weighted by Crippen LogP contribution is 2.37. The van der Waals surface area contributed by atoms with E-state index in [1.807, 2.05) is 36.4 Å². The fraction of sp³-hybridized carbons (Fsp3) is 0.318. The number of furan rings is 1. The molecule has 1 saturated heterocycles. The standard InChI is InChI=1S/C22H22ClN3O2/c23-15-6-7-19-17(14-15)21-22(28-19)20(16-4-1-2-5-18(16)25-21)24-8-3-9-26-10-12-27-13-11-26/h1-2,4-7,14H,3,8-13H2,(H,24,25). The number of anilines is 1. The van der Waals surface area contributed by atoms with Crippen molar-refractivity contribution in [3.8, 4) is 0 Å². The van der Waals surface area contributed by atoms with E-state index in [0.29, 0.717) is 5.02 Å². The van der Waals surface area contributed by atoms with E-state index in [2.05, 4.69) is 16.3 Å². The molecule has 0 bridgehead atoms. The van der Waals surface area contributed by atoms with Crippen LogP contribution in [0.15, 0.2) is 46.9 Å². The lowest BCUT2D eigenvalue weighted by Crippen LogP contribution is -2.37. The molecule has 2 aromatic heterocycles. The molecule has 0 atom stereocenters. The van der Waals surface area contributed by atoms with E-state index in [1.54, 1.807) is 0 Å². The summed E-state index contributed by atoms with van der Waals surface area (Å²) in [6, 6.07) is 13.9. The third kappa shape index (κ3) is 3.30. The number of hydrogen-bond donors (Lipinski definition) is 1. The zero-order valence-corrected chi connectivity index (χ0v) is 16.3. The minimum atomic E-state index is 0.685. The first kappa shape index (κ1) is 17.7. The van der Waals surface area contributed by atoms with E-state index in [4.69, 9.17) is 25.7 Å². The number of nitrogens with zero attached hydrogens (tertiary/aromatic N) is 2. The first-order valence-corrected chi connectivity index (χ1v) is 10.1. The second-order valence-electron chi connectivity index (χ2n) is 7.16. The van der Waals surface area contributed by atoms with Gasteiger partial charge in [0, 0.05) is 35.4 Å². The Balaban J connectivity index is 1.49. The number of aromatic nitrogens is 1. The number of ether oxygens (including phenoxy) is 1. The zero-order chi connectivity index (χ0) is 18.9. The molecule has 4 aromatic rings. The summed E-state index contributed by atoms with van der Waals surface area (Å²) in [6.07, 6.45) is 1.06. The molecule has 1 aliphatic rings. The second kappa shape index (κ2) is 7.59. The van der Waals surface area contributed by atoms with Gasteiger partial charge in [-0.2, -0.15) is 0 Å².